The van der Waals surface area contributed by atoms with Crippen molar-refractivity contribution in [1.29, 1.82) is 0 Å². The summed E-state index contributed by atoms with van der Waals surface area (Å²) in [7, 11) is 0. The molecule has 0 aromatic heterocycles. The highest BCUT2D eigenvalue weighted by Crippen LogP contribution is 2.28. The Hall–Kier alpha value is -1.42. The molecule has 2 unspecified atom stereocenters. The predicted octanol–water partition coefficient (Wildman–Crippen LogP) is 1.56. The number of esters is 1. The molecule has 0 radical (unpaired) electrons. The number of ether oxygens (including phenoxy) is 1. The Kier molecular flexibility index (Phi) is 2.68. The van der Waals surface area contributed by atoms with E-state index in [0.29, 0.717) is 12.0 Å². The second-order valence-corrected chi connectivity index (χ2v) is 3.62. The molecule has 15 heavy (non-hydrogen) atoms. The maximum absolute atomic E-state index is 12.7. The molecule has 2 atom stereocenters. The zero-order valence-corrected chi connectivity index (χ0v) is 8.02. The van der Waals surface area contributed by atoms with E-state index in [9.17, 15) is 14.3 Å². The summed E-state index contributed by atoms with van der Waals surface area (Å²) in [5, 5.41) is 9.39. The molecule has 1 heterocycles. The first-order valence-electron chi connectivity index (χ1n) is 4.78. The number of cyclic esters (lactones) is 1. The minimum atomic E-state index is -0.665. The third kappa shape index (κ3) is 2.33. The highest BCUT2D eigenvalue weighted by Gasteiger charge is 2.28. The van der Waals surface area contributed by atoms with Crippen molar-refractivity contribution >= 4 is 5.97 Å². The lowest BCUT2D eigenvalue weighted by molar-refractivity contribution is -0.160. The van der Waals surface area contributed by atoms with E-state index < -0.39 is 18.2 Å². The zero-order valence-electron chi connectivity index (χ0n) is 8.02. The van der Waals surface area contributed by atoms with Crippen LogP contribution < -0.4 is 0 Å². The van der Waals surface area contributed by atoms with E-state index in [1.54, 1.807) is 12.1 Å². The second-order valence-electron chi connectivity index (χ2n) is 3.62. The fraction of sp³-hybridized carbons (Fsp3) is 0.364. The summed E-state index contributed by atoms with van der Waals surface area (Å²) in [6, 6.07) is 5.74. The van der Waals surface area contributed by atoms with Crippen LogP contribution in [0.15, 0.2) is 24.3 Å². The molecule has 1 N–H and O–H groups in total. The smallest absolute Gasteiger partial charge is 0.309 e. The van der Waals surface area contributed by atoms with Gasteiger partial charge in [0, 0.05) is 6.42 Å². The largest absolute Gasteiger partial charge is 0.457 e. The zero-order chi connectivity index (χ0) is 10.8. The third-order valence-electron chi connectivity index (χ3n) is 2.40. The molecular weight excluding hydrogens is 199 g/mol. The fourth-order valence-corrected chi connectivity index (χ4v) is 1.66. The summed E-state index contributed by atoms with van der Waals surface area (Å²) in [5.41, 5.74) is 0.712. The Morgan fingerprint density at radius 3 is 2.60 bits per heavy atom. The number of benzene rings is 1. The minimum Gasteiger partial charge on any atom is -0.457 e. The maximum Gasteiger partial charge on any atom is 0.309 e. The Morgan fingerprint density at radius 1 is 1.33 bits per heavy atom. The maximum atomic E-state index is 12.7. The van der Waals surface area contributed by atoms with Crippen LogP contribution in [0.4, 0.5) is 4.39 Å². The lowest BCUT2D eigenvalue weighted by atomic mass is 9.99. The van der Waals surface area contributed by atoms with Crippen LogP contribution in [0.5, 0.6) is 0 Å². The van der Waals surface area contributed by atoms with E-state index in [1.165, 1.54) is 12.1 Å². The molecule has 0 saturated carbocycles. The summed E-state index contributed by atoms with van der Waals surface area (Å²) in [6.45, 7) is 0. The molecule has 0 bridgehead atoms. The fourth-order valence-electron chi connectivity index (χ4n) is 1.66. The van der Waals surface area contributed by atoms with Gasteiger partial charge in [0.2, 0.25) is 0 Å². The Labute approximate surface area is 86.5 Å². The highest BCUT2D eigenvalue weighted by atomic mass is 19.1. The highest BCUT2D eigenvalue weighted by molar-refractivity contribution is 5.71. The van der Waals surface area contributed by atoms with Crippen LogP contribution in [-0.2, 0) is 9.53 Å². The monoisotopic (exact) mass is 210 g/mol. The SMILES string of the molecule is O=C1CC(O)CC(c2ccc(F)cc2)O1. The molecule has 2 rings (SSSR count). The van der Waals surface area contributed by atoms with Crippen LogP contribution in [-0.4, -0.2) is 17.2 Å². The number of rotatable bonds is 1. The predicted molar refractivity (Wildman–Crippen MR) is 50.5 cm³/mol. The summed E-state index contributed by atoms with van der Waals surface area (Å²) < 4.78 is 17.7. The Morgan fingerprint density at radius 2 is 2.00 bits per heavy atom. The number of aliphatic hydroxyl groups is 1. The van der Waals surface area contributed by atoms with Crippen molar-refractivity contribution in [2.45, 2.75) is 25.0 Å². The average molecular weight is 210 g/mol. The number of carbonyl (C=O) groups is 1. The van der Waals surface area contributed by atoms with Crippen molar-refractivity contribution in [3.63, 3.8) is 0 Å². The van der Waals surface area contributed by atoms with Crippen LogP contribution in [0.3, 0.4) is 0 Å². The second kappa shape index (κ2) is 3.98. The number of halogens is 1. The van der Waals surface area contributed by atoms with E-state index in [0.717, 1.165) is 0 Å². The van der Waals surface area contributed by atoms with E-state index in [4.69, 9.17) is 4.74 Å². The molecule has 80 valence electrons. The normalized spacial score (nSPS) is 26.1. The van der Waals surface area contributed by atoms with Gasteiger partial charge in [0.25, 0.3) is 0 Å². The number of carbonyl (C=O) groups excluding carboxylic acids is 1. The molecule has 1 fully saturated rings. The van der Waals surface area contributed by atoms with Crippen molar-refractivity contribution in [1.82, 2.24) is 0 Å². The summed E-state index contributed by atoms with van der Waals surface area (Å²) >= 11 is 0. The molecule has 0 spiro atoms. The van der Waals surface area contributed by atoms with Gasteiger partial charge in [0.15, 0.2) is 0 Å². The molecule has 0 amide bonds. The van der Waals surface area contributed by atoms with Gasteiger partial charge in [-0.25, -0.2) is 4.39 Å². The standard InChI is InChI=1S/C11H11FO3/c12-8-3-1-7(2-4-8)10-5-9(13)6-11(14)15-10/h1-4,9-10,13H,5-6H2. The number of aliphatic hydroxyl groups excluding tert-OH is 1. The van der Waals surface area contributed by atoms with Gasteiger partial charge >= 0.3 is 5.97 Å². The first-order chi connectivity index (χ1) is 7.15. The Balaban J connectivity index is 2.16. The third-order valence-corrected chi connectivity index (χ3v) is 2.40. The van der Waals surface area contributed by atoms with E-state index >= 15 is 0 Å². The molecule has 1 aliphatic rings. The molecule has 4 heteroatoms. The van der Waals surface area contributed by atoms with Gasteiger partial charge in [-0.05, 0) is 17.7 Å². The summed E-state index contributed by atoms with van der Waals surface area (Å²) in [4.78, 5) is 11.1. The van der Waals surface area contributed by atoms with Gasteiger partial charge in [-0.3, -0.25) is 4.79 Å². The van der Waals surface area contributed by atoms with E-state index in [2.05, 4.69) is 0 Å². The molecule has 3 nitrogen and oxygen atoms in total. The summed E-state index contributed by atoms with van der Waals surface area (Å²) in [6.07, 6.45) is -0.710. The van der Waals surface area contributed by atoms with Crippen LogP contribution in [0, 0.1) is 5.82 Å². The van der Waals surface area contributed by atoms with Crippen LogP contribution in [0.25, 0.3) is 0 Å². The van der Waals surface area contributed by atoms with Crippen molar-refractivity contribution in [3.05, 3.63) is 35.6 Å². The molecule has 1 aromatic rings. The van der Waals surface area contributed by atoms with Gasteiger partial charge < -0.3 is 9.84 Å². The van der Waals surface area contributed by atoms with Crippen LogP contribution in [0.1, 0.15) is 24.5 Å². The van der Waals surface area contributed by atoms with Crippen molar-refractivity contribution in [3.8, 4) is 0 Å². The molecule has 1 saturated heterocycles. The minimum absolute atomic E-state index is 0.0394. The number of hydrogen-bond donors (Lipinski definition) is 1. The van der Waals surface area contributed by atoms with Gasteiger partial charge in [0.05, 0.1) is 12.5 Å². The molecular formula is C11H11FO3. The van der Waals surface area contributed by atoms with Gasteiger partial charge in [-0.2, -0.15) is 0 Å². The quantitative estimate of drug-likeness (QED) is 0.715. The lowest BCUT2D eigenvalue weighted by Crippen LogP contribution is -2.27. The van der Waals surface area contributed by atoms with Crippen LogP contribution in [0.2, 0.25) is 0 Å². The number of hydrogen-bond acceptors (Lipinski definition) is 3. The lowest BCUT2D eigenvalue weighted by Gasteiger charge is -2.26. The molecule has 0 aliphatic carbocycles. The van der Waals surface area contributed by atoms with Crippen molar-refractivity contribution < 1.29 is 19.0 Å². The van der Waals surface area contributed by atoms with Crippen molar-refractivity contribution in [2.75, 3.05) is 0 Å². The average Bonchev–Trinajstić information content (AvgIpc) is 2.17. The molecule has 1 aromatic carbocycles. The first-order valence-corrected chi connectivity index (χ1v) is 4.78. The van der Waals surface area contributed by atoms with Gasteiger partial charge in [-0.15, -0.1) is 0 Å². The van der Waals surface area contributed by atoms with E-state index in [1.807, 2.05) is 0 Å². The van der Waals surface area contributed by atoms with E-state index in [-0.39, 0.29) is 12.2 Å². The van der Waals surface area contributed by atoms with Crippen LogP contribution >= 0.6 is 0 Å². The first kappa shape index (κ1) is 10.1. The van der Waals surface area contributed by atoms with Gasteiger partial charge in [-0.1, -0.05) is 12.1 Å². The van der Waals surface area contributed by atoms with Crippen molar-refractivity contribution in [2.24, 2.45) is 0 Å². The molecule has 1 aliphatic heterocycles. The van der Waals surface area contributed by atoms with Gasteiger partial charge in [0.1, 0.15) is 11.9 Å². The Bertz CT molecular complexity index is 361. The topological polar surface area (TPSA) is 46.5 Å². The summed E-state index contributed by atoms with van der Waals surface area (Å²) in [5.74, 6) is -0.746.